The molecule has 0 spiro atoms. The summed E-state index contributed by atoms with van der Waals surface area (Å²) < 4.78 is 0. The van der Waals surface area contributed by atoms with E-state index in [1.807, 2.05) is 6.07 Å². The van der Waals surface area contributed by atoms with E-state index in [1.54, 1.807) is 0 Å². The summed E-state index contributed by atoms with van der Waals surface area (Å²) in [7, 11) is 0. The Bertz CT molecular complexity index is 95.5. The molecule has 0 amide bonds. The zero-order valence-corrected chi connectivity index (χ0v) is 6.27. The maximum Gasteiger partial charge on any atom is 0.0840 e. The second kappa shape index (κ2) is 8.41. The number of nitriles is 1. The van der Waals surface area contributed by atoms with Gasteiger partial charge in [-0.3, -0.25) is 0 Å². The van der Waals surface area contributed by atoms with Crippen LogP contribution in [-0.2, 0) is 0 Å². The smallest absolute Gasteiger partial charge is 0.0840 e. The van der Waals surface area contributed by atoms with Crippen LogP contribution in [0.15, 0.2) is 0 Å². The molecule has 0 aromatic rings. The standard InChI is InChI=1S/C7H15N3/c8-4-2-1-3-6-10-7-5-9/h10H,1-4,6-8H2. The molecule has 0 atom stereocenters. The summed E-state index contributed by atoms with van der Waals surface area (Å²) >= 11 is 0. The normalized spacial score (nSPS) is 9.20. The molecular formula is C7H15N3. The molecule has 0 unspecified atom stereocenters. The first-order valence-electron chi connectivity index (χ1n) is 3.69. The van der Waals surface area contributed by atoms with Crippen LogP contribution < -0.4 is 11.1 Å². The summed E-state index contributed by atoms with van der Waals surface area (Å²) in [5, 5.41) is 11.1. The van der Waals surface area contributed by atoms with E-state index in [0.29, 0.717) is 6.54 Å². The number of nitrogens with one attached hydrogen (secondary N) is 1. The molecule has 0 saturated carbocycles. The van der Waals surface area contributed by atoms with Crippen molar-refractivity contribution in [3.05, 3.63) is 0 Å². The van der Waals surface area contributed by atoms with Crippen LogP contribution in [-0.4, -0.2) is 19.6 Å². The molecule has 0 aromatic carbocycles. The molecule has 10 heavy (non-hydrogen) atoms. The second-order valence-electron chi connectivity index (χ2n) is 2.18. The van der Waals surface area contributed by atoms with Gasteiger partial charge in [-0.15, -0.1) is 0 Å². The minimum absolute atomic E-state index is 0.461. The number of rotatable bonds is 6. The van der Waals surface area contributed by atoms with Crippen molar-refractivity contribution in [1.82, 2.24) is 5.32 Å². The Hall–Kier alpha value is -0.590. The molecule has 3 nitrogen and oxygen atoms in total. The average Bonchev–Trinajstić information content (AvgIpc) is 1.97. The molecule has 0 aliphatic rings. The quantitative estimate of drug-likeness (QED) is 0.411. The number of hydrogen-bond acceptors (Lipinski definition) is 3. The van der Waals surface area contributed by atoms with Gasteiger partial charge in [0.25, 0.3) is 0 Å². The van der Waals surface area contributed by atoms with Crippen LogP contribution in [0, 0.1) is 11.3 Å². The molecule has 0 saturated heterocycles. The van der Waals surface area contributed by atoms with Gasteiger partial charge in [-0.25, -0.2) is 0 Å². The van der Waals surface area contributed by atoms with Gasteiger partial charge in [0.15, 0.2) is 0 Å². The van der Waals surface area contributed by atoms with Gasteiger partial charge in [-0.2, -0.15) is 5.26 Å². The van der Waals surface area contributed by atoms with Crippen molar-refractivity contribution in [3.63, 3.8) is 0 Å². The fraction of sp³-hybridized carbons (Fsp3) is 0.857. The number of unbranched alkanes of at least 4 members (excludes halogenated alkanes) is 2. The van der Waals surface area contributed by atoms with E-state index in [4.69, 9.17) is 11.0 Å². The van der Waals surface area contributed by atoms with Gasteiger partial charge in [0.2, 0.25) is 0 Å². The Morgan fingerprint density at radius 1 is 1.30 bits per heavy atom. The van der Waals surface area contributed by atoms with E-state index < -0.39 is 0 Å². The minimum atomic E-state index is 0.461. The van der Waals surface area contributed by atoms with Crippen molar-refractivity contribution in [2.45, 2.75) is 19.3 Å². The molecule has 0 radical (unpaired) electrons. The summed E-state index contributed by atoms with van der Waals surface area (Å²) in [5.41, 5.74) is 5.30. The Morgan fingerprint density at radius 2 is 2.10 bits per heavy atom. The van der Waals surface area contributed by atoms with Gasteiger partial charge in [-0.05, 0) is 25.9 Å². The van der Waals surface area contributed by atoms with Gasteiger partial charge in [0.1, 0.15) is 0 Å². The van der Waals surface area contributed by atoms with Gasteiger partial charge >= 0.3 is 0 Å². The summed E-state index contributed by atoms with van der Waals surface area (Å²) in [5.74, 6) is 0. The number of nitrogens with two attached hydrogens (primary N) is 1. The zero-order valence-electron chi connectivity index (χ0n) is 6.27. The highest BCUT2D eigenvalue weighted by molar-refractivity contribution is 4.72. The molecule has 0 aliphatic carbocycles. The fourth-order valence-electron chi connectivity index (χ4n) is 0.715. The Kier molecular flexibility index (Phi) is 7.91. The first-order chi connectivity index (χ1) is 4.91. The van der Waals surface area contributed by atoms with Crippen LogP contribution in [0.1, 0.15) is 19.3 Å². The third kappa shape index (κ3) is 7.41. The third-order valence-electron chi connectivity index (χ3n) is 1.26. The molecule has 0 heterocycles. The second-order valence-corrected chi connectivity index (χ2v) is 2.18. The lowest BCUT2D eigenvalue weighted by Crippen LogP contribution is -2.15. The molecular weight excluding hydrogens is 126 g/mol. The Balaban J connectivity index is 2.72. The molecule has 58 valence electrons. The van der Waals surface area contributed by atoms with Gasteiger partial charge in [0, 0.05) is 0 Å². The van der Waals surface area contributed by atoms with Crippen LogP contribution in [0.4, 0.5) is 0 Å². The van der Waals surface area contributed by atoms with Gasteiger partial charge in [-0.1, -0.05) is 6.42 Å². The number of hydrogen-bond donors (Lipinski definition) is 2. The molecule has 0 aromatic heterocycles. The van der Waals surface area contributed by atoms with E-state index in [2.05, 4.69) is 5.32 Å². The summed E-state index contributed by atoms with van der Waals surface area (Å²) in [6, 6.07) is 2.02. The monoisotopic (exact) mass is 141 g/mol. The predicted octanol–water partition coefficient (Wildman–Crippen LogP) is 0.229. The van der Waals surface area contributed by atoms with E-state index in [1.165, 1.54) is 0 Å². The summed E-state index contributed by atoms with van der Waals surface area (Å²) in [6.07, 6.45) is 3.38. The predicted molar refractivity (Wildman–Crippen MR) is 41.4 cm³/mol. The topological polar surface area (TPSA) is 61.8 Å². The molecule has 0 aliphatic heterocycles. The highest BCUT2D eigenvalue weighted by Gasteiger charge is 1.85. The third-order valence-corrected chi connectivity index (χ3v) is 1.26. The SMILES string of the molecule is N#CCNCCCCCN. The Labute approximate surface area is 62.2 Å². The molecule has 0 bridgehead atoms. The maximum atomic E-state index is 8.14. The lowest BCUT2D eigenvalue weighted by molar-refractivity contribution is 0.634. The van der Waals surface area contributed by atoms with Crippen molar-refractivity contribution in [2.75, 3.05) is 19.6 Å². The molecule has 3 N–H and O–H groups in total. The highest BCUT2D eigenvalue weighted by Crippen LogP contribution is 1.90. The summed E-state index contributed by atoms with van der Waals surface area (Å²) in [6.45, 7) is 2.18. The molecule has 0 fully saturated rings. The van der Waals surface area contributed by atoms with Crippen molar-refractivity contribution >= 4 is 0 Å². The molecule has 0 rings (SSSR count). The van der Waals surface area contributed by atoms with E-state index >= 15 is 0 Å². The zero-order chi connectivity index (χ0) is 7.66. The first kappa shape index (κ1) is 9.41. The van der Waals surface area contributed by atoms with Crippen LogP contribution in [0.3, 0.4) is 0 Å². The van der Waals surface area contributed by atoms with Crippen molar-refractivity contribution in [2.24, 2.45) is 5.73 Å². The van der Waals surface area contributed by atoms with Crippen molar-refractivity contribution < 1.29 is 0 Å². The maximum absolute atomic E-state index is 8.14. The van der Waals surface area contributed by atoms with E-state index in [9.17, 15) is 0 Å². The van der Waals surface area contributed by atoms with Gasteiger partial charge < -0.3 is 11.1 Å². The average molecular weight is 141 g/mol. The lowest BCUT2D eigenvalue weighted by atomic mass is 10.2. The minimum Gasteiger partial charge on any atom is -0.330 e. The highest BCUT2D eigenvalue weighted by atomic mass is 14.8. The van der Waals surface area contributed by atoms with E-state index in [0.717, 1.165) is 32.4 Å². The van der Waals surface area contributed by atoms with Crippen LogP contribution in [0.2, 0.25) is 0 Å². The first-order valence-corrected chi connectivity index (χ1v) is 3.69. The molecule has 3 heteroatoms. The van der Waals surface area contributed by atoms with Crippen LogP contribution in [0.25, 0.3) is 0 Å². The number of nitrogens with zero attached hydrogens (tertiary/aromatic N) is 1. The Morgan fingerprint density at radius 3 is 2.70 bits per heavy atom. The van der Waals surface area contributed by atoms with Crippen molar-refractivity contribution in [3.8, 4) is 6.07 Å². The lowest BCUT2D eigenvalue weighted by Gasteiger charge is -1.97. The summed E-state index contributed by atoms with van der Waals surface area (Å²) in [4.78, 5) is 0. The largest absolute Gasteiger partial charge is 0.330 e. The van der Waals surface area contributed by atoms with Crippen LogP contribution in [0.5, 0.6) is 0 Å². The van der Waals surface area contributed by atoms with Crippen molar-refractivity contribution in [1.29, 1.82) is 5.26 Å². The van der Waals surface area contributed by atoms with E-state index in [-0.39, 0.29) is 0 Å². The van der Waals surface area contributed by atoms with Crippen LogP contribution >= 0.6 is 0 Å². The fourth-order valence-corrected chi connectivity index (χ4v) is 0.715. The van der Waals surface area contributed by atoms with Gasteiger partial charge in [0.05, 0.1) is 12.6 Å².